The van der Waals surface area contributed by atoms with Crippen molar-refractivity contribution in [2.75, 3.05) is 0 Å². The molecule has 0 radical (unpaired) electrons. The molecule has 76 valence electrons. The zero-order valence-electron chi connectivity index (χ0n) is 8.61. The Morgan fingerprint density at radius 2 is 2.50 bits per heavy atom. The first-order valence-corrected chi connectivity index (χ1v) is 5.17. The van der Waals surface area contributed by atoms with Crippen LogP contribution in [0.3, 0.4) is 0 Å². The van der Waals surface area contributed by atoms with Gasteiger partial charge in [0.25, 0.3) is 0 Å². The van der Waals surface area contributed by atoms with Crippen molar-refractivity contribution in [1.29, 1.82) is 0 Å². The first-order chi connectivity index (χ1) is 6.74. The Morgan fingerprint density at radius 3 is 3.14 bits per heavy atom. The SMILES string of the molecule is Cn1cc(CC2=CC(N)CCC2)cn1. The molecule has 1 unspecified atom stereocenters. The van der Waals surface area contributed by atoms with Crippen molar-refractivity contribution in [2.45, 2.75) is 31.7 Å². The summed E-state index contributed by atoms with van der Waals surface area (Å²) in [5.41, 5.74) is 8.64. The lowest BCUT2D eigenvalue weighted by Gasteiger charge is -2.17. The maximum atomic E-state index is 5.89. The van der Waals surface area contributed by atoms with Gasteiger partial charge in [-0.25, -0.2) is 0 Å². The molecule has 2 rings (SSSR count). The van der Waals surface area contributed by atoms with E-state index in [9.17, 15) is 0 Å². The lowest BCUT2D eigenvalue weighted by molar-refractivity contribution is 0.617. The van der Waals surface area contributed by atoms with Crippen LogP contribution in [-0.4, -0.2) is 15.8 Å². The quantitative estimate of drug-likeness (QED) is 0.718. The molecule has 3 heteroatoms. The number of hydrogen-bond donors (Lipinski definition) is 1. The number of nitrogens with zero attached hydrogens (tertiary/aromatic N) is 2. The molecule has 1 aromatic heterocycles. The number of aryl methyl sites for hydroxylation is 1. The molecule has 2 N–H and O–H groups in total. The van der Waals surface area contributed by atoms with E-state index in [1.165, 1.54) is 24.0 Å². The molecule has 0 bridgehead atoms. The minimum absolute atomic E-state index is 0.274. The summed E-state index contributed by atoms with van der Waals surface area (Å²) in [6.07, 6.45) is 10.8. The van der Waals surface area contributed by atoms with Gasteiger partial charge in [0.1, 0.15) is 0 Å². The number of allylic oxidation sites excluding steroid dienone is 1. The highest BCUT2D eigenvalue weighted by Gasteiger charge is 2.10. The highest BCUT2D eigenvalue weighted by atomic mass is 15.2. The third kappa shape index (κ3) is 2.23. The minimum atomic E-state index is 0.274. The molecule has 0 spiro atoms. The third-order valence-electron chi connectivity index (χ3n) is 2.67. The molecule has 0 saturated carbocycles. The Hall–Kier alpha value is -1.09. The molecule has 0 fully saturated rings. The summed E-state index contributed by atoms with van der Waals surface area (Å²) < 4.78 is 1.85. The van der Waals surface area contributed by atoms with Crippen LogP contribution in [0.2, 0.25) is 0 Å². The molecule has 0 aromatic carbocycles. The molecule has 1 aliphatic carbocycles. The van der Waals surface area contributed by atoms with Gasteiger partial charge in [0, 0.05) is 19.3 Å². The highest BCUT2D eigenvalue weighted by Crippen LogP contribution is 2.20. The fourth-order valence-corrected chi connectivity index (χ4v) is 2.01. The molecule has 1 aliphatic rings. The van der Waals surface area contributed by atoms with Crippen LogP contribution in [-0.2, 0) is 13.5 Å². The smallest absolute Gasteiger partial charge is 0.0524 e. The molecule has 0 saturated heterocycles. The lowest BCUT2D eigenvalue weighted by atomic mass is 9.93. The van der Waals surface area contributed by atoms with Crippen LogP contribution in [0.1, 0.15) is 24.8 Å². The van der Waals surface area contributed by atoms with Gasteiger partial charge in [-0.05, 0) is 31.2 Å². The standard InChI is InChI=1S/C11H17N3/c1-14-8-10(7-13-14)5-9-3-2-4-11(12)6-9/h6-8,11H,2-5,12H2,1H3. The molecule has 1 aromatic rings. The van der Waals surface area contributed by atoms with Crippen LogP contribution in [0.5, 0.6) is 0 Å². The predicted octanol–water partition coefficient (Wildman–Crippen LogP) is 1.40. The molecule has 0 amide bonds. The van der Waals surface area contributed by atoms with Gasteiger partial charge < -0.3 is 5.73 Å². The van der Waals surface area contributed by atoms with Crippen molar-refractivity contribution in [2.24, 2.45) is 12.8 Å². The van der Waals surface area contributed by atoms with Crippen LogP contribution < -0.4 is 5.73 Å². The van der Waals surface area contributed by atoms with Crippen LogP contribution in [0, 0.1) is 0 Å². The fraction of sp³-hybridized carbons (Fsp3) is 0.545. The number of hydrogen-bond acceptors (Lipinski definition) is 2. The summed E-state index contributed by atoms with van der Waals surface area (Å²) in [5.74, 6) is 0. The van der Waals surface area contributed by atoms with Crippen molar-refractivity contribution >= 4 is 0 Å². The van der Waals surface area contributed by atoms with Crippen molar-refractivity contribution < 1.29 is 0 Å². The fourth-order valence-electron chi connectivity index (χ4n) is 2.01. The molecule has 1 atom stereocenters. The Kier molecular flexibility index (Phi) is 2.68. The number of aromatic nitrogens is 2. The van der Waals surface area contributed by atoms with Crippen LogP contribution in [0.15, 0.2) is 24.0 Å². The molecule has 3 nitrogen and oxygen atoms in total. The van der Waals surface area contributed by atoms with Crippen LogP contribution in [0.4, 0.5) is 0 Å². The lowest BCUT2D eigenvalue weighted by Crippen LogP contribution is -2.20. The summed E-state index contributed by atoms with van der Waals surface area (Å²) in [4.78, 5) is 0. The average Bonchev–Trinajstić information content (AvgIpc) is 2.51. The Bertz CT molecular complexity index is 338. The van der Waals surface area contributed by atoms with Gasteiger partial charge >= 0.3 is 0 Å². The van der Waals surface area contributed by atoms with E-state index in [1.54, 1.807) is 0 Å². The maximum absolute atomic E-state index is 5.89. The summed E-state index contributed by atoms with van der Waals surface area (Å²) in [6, 6.07) is 0.274. The monoisotopic (exact) mass is 191 g/mol. The van der Waals surface area contributed by atoms with Gasteiger partial charge in [-0.15, -0.1) is 0 Å². The van der Waals surface area contributed by atoms with Gasteiger partial charge in [0.2, 0.25) is 0 Å². The molecule has 0 aliphatic heterocycles. The van der Waals surface area contributed by atoms with Crippen molar-refractivity contribution in [3.8, 4) is 0 Å². The Balaban J connectivity index is 2.03. The normalized spacial score (nSPS) is 22.1. The van der Waals surface area contributed by atoms with E-state index in [0.717, 1.165) is 12.8 Å². The van der Waals surface area contributed by atoms with E-state index in [2.05, 4.69) is 17.4 Å². The second-order valence-electron chi connectivity index (χ2n) is 4.08. The molecule has 1 heterocycles. The average molecular weight is 191 g/mol. The molecular weight excluding hydrogens is 174 g/mol. The largest absolute Gasteiger partial charge is 0.324 e. The van der Waals surface area contributed by atoms with Crippen LogP contribution >= 0.6 is 0 Å². The van der Waals surface area contributed by atoms with Gasteiger partial charge in [-0.1, -0.05) is 11.6 Å². The summed E-state index contributed by atoms with van der Waals surface area (Å²) in [6.45, 7) is 0. The third-order valence-corrected chi connectivity index (χ3v) is 2.67. The van der Waals surface area contributed by atoms with Crippen molar-refractivity contribution in [3.05, 3.63) is 29.6 Å². The summed E-state index contributed by atoms with van der Waals surface area (Å²) >= 11 is 0. The van der Waals surface area contributed by atoms with Gasteiger partial charge in [0.05, 0.1) is 6.20 Å². The minimum Gasteiger partial charge on any atom is -0.324 e. The second-order valence-corrected chi connectivity index (χ2v) is 4.08. The summed E-state index contributed by atoms with van der Waals surface area (Å²) in [5, 5.41) is 4.16. The van der Waals surface area contributed by atoms with E-state index in [4.69, 9.17) is 5.73 Å². The van der Waals surface area contributed by atoms with E-state index in [-0.39, 0.29) is 6.04 Å². The van der Waals surface area contributed by atoms with Crippen molar-refractivity contribution in [3.63, 3.8) is 0 Å². The van der Waals surface area contributed by atoms with E-state index < -0.39 is 0 Å². The first-order valence-electron chi connectivity index (χ1n) is 5.17. The number of rotatable bonds is 2. The highest BCUT2D eigenvalue weighted by molar-refractivity contribution is 5.19. The molecule has 14 heavy (non-hydrogen) atoms. The molecular formula is C11H17N3. The topological polar surface area (TPSA) is 43.8 Å². The van der Waals surface area contributed by atoms with E-state index in [0.29, 0.717) is 0 Å². The zero-order chi connectivity index (χ0) is 9.97. The summed E-state index contributed by atoms with van der Waals surface area (Å²) in [7, 11) is 1.95. The van der Waals surface area contributed by atoms with E-state index >= 15 is 0 Å². The number of nitrogens with two attached hydrogens (primary N) is 1. The zero-order valence-corrected chi connectivity index (χ0v) is 8.61. The van der Waals surface area contributed by atoms with Crippen LogP contribution in [0.25, 0.3) is 0 Å². The Morgan fingerprint density at radius 1 is 1.64 bits per heavy atom. The van der Waals surface area contributed by atoms with Crippen molar-refractivity contribution in [1.82, 2.24) is 9.78 Å². The van der Waals surface area contributed by atoms with E-state index in [1.807, 2.05) is 17.9 Å². The first kappa shape index (κ1) is 9.46. The Labute approximate surface area is 84.6 Å². The predicted molar refractivity (Wildman–Crippen MR) is 56.8 cm³/mol. The van der Waals surface area contributed by atoms with Gasteiger partial charge in [-0.2, -0.15) is 5.10 Å². The second kappa shape index (κ2) is 3.96. The maximum Gasteiger partial charge on any atom is 0.0524 e. The van der Waals surface area contributed by atoms with Gasteiger partial charge in [-0.3, -0.25) is 4.68 Å². The van der Waals surface area contributed by atoms with Gasteiger partial charge in [0.15, 0.2) is 0 Å².